The minimum Gasteiger partial charge on any atom is -0.478 e. The lowest BCUT2D eigenvalue weighted by atomic mass is 10.2. The van der Waals surface area contributed by atoms with E-state index in [0.717, 1.165) is 12.3 Å². The van der Waals surface area contributed by atoms with E-state index < -0.39 is 30.9 Å². The first-order valence-corrected chi connectivity index (χ1v) is 8.80. The van der Waals surface area contributed by atoms with Crippen LogP contribution in [0.15, 0.2) is 18.2 Å². The van der Waals surface area contributed by atoms with E-state index in [0.29, 0.717) is 0 Å². The van der Waals surface area contributed by atoms with Crippen molar-refractivity contribution < 1.29 is 26.7 Å². The van der Waals surface area contributed by atoms with E-state index in [1.54, 1.807) is 0 Å². The second-order valence-electron chi connectivity index (χ2n) is 3.76. The molecule has 0 atom stereocenters. The van der Waals surface area contributed by atoms with Crippen molar-refractivity contribution in [2.45, 2.75) is 0 Å². The largest absolute Gasteiger partial charge is 0.478 e. The maximum absolute atomic E-state index is 11.6. The van der Waals surface area contributed by atoms with Crippen LogP contribution in [0.3, 0.4) is 0 Å². The number of carboxylic acids is 1. The van der Waals surface area contributed by atoms with Gasteiger partial charge in [-0.3, -0.25) is 4.72 Å². The number of rotatable bonds is 5. The number of benzene rings is 1. The number of hydrogen-bond donors (Lipinski definition) is 2. The molecule has 1 aromatic rings. The van der Waals surface area contributed by atoms with Gasteiger partial charge < -0.3 is 5.11 Å². The summed E-state index contributed by atoms with van der Waals surface area (Å²) < 4.78 is 46.9. The topological polar surface area (TPSA) is 118 Å². The molecule has 0 radical (unpaired) electrons. The van der Waals surface area contributed by atoms with Gasteiger partial charge in [-0.05, 0) is 18.2 Å². The van der Waals surface area contributed by atoms with Crippen LogP contribution in [-0.2, 0) is 19.9 Å². The lowest BCUT2D eigenvalue weighted by Gasteiger charge is -2.09. The average Bonchev–Trinajstić information content (AvgIpc) is 2.16. The average molecular weight is 328 g/mol. The van der Waals surface area contributed by atoms with Gasteiger partial charge in [0.15, 0.2) is 14.9 Å². The fraction of sp³-hybridized carbons (Fsp3) is 0.222. The minimum atomic E-state index is -4.17. The molecule has 106 valence electrons. The van der Waals surface area contributed by atoms with Crippen molar-refractivity contribution in [1.82, 2.24) is 0 Å². The number of halogens is 1. The summed E-state index contributed by atoms with van der Waals surface area (Å²) in [6.07, 6.45) is 0.765. The highest BCUT2D eigenvalue weighted by atomic mass is 35.5. The third-order valence-corrected chi connectivity index (χ3v) is 5.66. The molecule has 0 unspecified atom stereocenters. The molecule has 0 spiro atoms. The van der Waals surface area contributed by atoms with Gasteiger partial charge in [0.25, 0.3) is 0 Å². The van der Waals surface area contributed by atoms with Crippen LogP contribution in [-0.4, -0.2) is 39.3 Å². The Morgan fingerprint density at radius 1 is 1.32 bits per heavy atom. The Kier molecular flexibility index (Phi) is 4.43. The molecule has 2 N–H and O–H groups in total. The van der Waals surface area contributed by atoms with Crippen molar-refractivity contribution >= 4 is 43.1 Å². The number of sulfone groups is 1. The Morgan fingerprint density at radius 3 is 2.37 bits per heavy atom. The fourth-order valence-electron chi connectivity index (χ4n) is 1.22. The monoisotopic (exact) mass is 327 g/mol. The van der Waals surface area contributed by atoms with E-state index in [-0.39, 0.29) is 16.3 Å². The van der Waals surface area contributed by atoms with Crippen molar-refractivity contribution in [3.05, 3.63) is 28.8 Å². The predicted molar refractivity (Wildman–Crippen MR) is 70.7 cm³/mol. The van der Waals surface area contributed by atoms with Crippen molar-refractivity contribution in [2.75, 3.05) is 16.1 Å². The van der Waals surface area contributed by atoms with Crippen molar-refractivity contribution in [3.8, 4) is 0 Å². The lowest BCUT2D eigenvalue weighted by molar-refractivity contribution is 0.0697. The highest BCUT2D eigenvalue weighted by molar-refractivity contribution is 8.08. The normalized spacial score (nSPS) is 12.1. The van der Waals surface area contributed by atoms with Crippen molar-refractivity contribution in [1.29, 1.82) is 0 Å². The van der Waals surface area contributed by atoms with Gasteiger partial charge in [-0.2, -0.15) is 0 Å². The summed E-state index contributed by atoms with van der Waals surface area (Å²) in [6, 6.07) is 3.40. The first-order valence-electron chi connectivity index (χ1n) is 4.71. The summed E-state index contributed by atoms with van der Waals surface area (Å²) in [4.78, 5) is 10.7. The number of carboxylic acid groups (broad SMARTS) is 1. The van der Waals surface area contributed by atoms with E-state index in [4.69, 9.17) is 16.7 Å². The van der Waals surface area contributed by atoms with E-state index in [2.05, 4.69) is 0 Å². The highest BCUT2D eigenvalue weighted by Crippen LogP contribution is 2.24. The first kappa shape index (κ1) is 15.7. The van der Waals surface area contributed by atoms with Crippen LogP contribution in [0.1, 0.15) is 10.4 Å². The quantitative estimate of drug-likeness (QED) is 0.825. The SMILES string of the molecule is CS(=O)(=O)CS(=O)(=O)Nc1cc(C(=O)O)ccc1Cl. The van der Waals surface area contributed by atoms with Crippen LogP contribution in [0.2, 0.25) is 5.02 Å². The number of hydrogen-bond acceptors (Lipinski definition) is 5. The van der Waals surface area contributed by atoms with Gasteiger partial charge in [0, 0.05) is 6.26 Å². The van der Waals surface area contributed by atoms with Gasteiger partial charge >= 0.3 is 5.97 Å². The Balaban J connectivity index is 3.12. The van der Waals surface area contributed by atoms with Gasteiger partial charge in [0.2, 0.25) is 10.0 Å². The zero-order chi connectivity index (χ0) is 14.8. The van der Waals surface area contributed by atoms with Crippen LogP contribution in [0.5, 0.6) is 0 Å². The zero-order valence-corrected chi connectivity index (χ0v) is 12.0. The standard InChI is InChI=1S/C9H10ClNO6S2/c1-18(14,15)5-19(16,17)11-8-4-6(9(12)13)2-3-7(8)10/h2-4,11H,5H2,1H3,(H,12,13). The smallest absolute Gasteiger partial charge is 0.335 e. The van der Waals surface area contributed by atoms with Gasteiger partial charge in [-0.25, -0.2) is 21.6 Å². The van der Waals surface area contributed by atoms with E-state index >= 15 is 0 Å². The van der Waals surface area contributed by atoms with Crippen LogP contribution >= 0.6 is 11.6 Å². The first-order chi connectivity index (χ1) is 8.50. The summed E-state index contributed by atoms with van der Waals surface area (Å²) in [5.41, 5.74) is -0.369. The summed E-state index contributed by atoms with van der Waals surface area (Å²) in [5, 5.41) is 7.61. The Morgan fingerprint density at radius 2 is 1.89 bits per heavy atom. The molecule has 7 nitrogen and oxygen atoms in total. The van der Waals surface area contributed by atoms with Crippen LogP contribution in [0, 0.1) is 0 Å². The maximum Gasteiger partial charge on any atom is 0.335 e. The maximum atomic E-state index is 11.6. The van der Waals surface area contributed by atoms with Gasteiger partial charge in [0.05, 0.1) is 16.3 Å². The minimum absolute atomic E-state index is 0.0397. The highest BCUT2D eigenvalue weighted by Gasteiger charge is 2.20. The molecule has 19 heavy (non-hydrogen) atoms. The summed E-state index contributed by atoms with van der Waals surface area (Å²) >= 11 is 5.71. The Bertz CT molecular complexity index is 710. The van der Waals surface area contributed by atoms with Crippen LogP contribution in [0.4, 0.5) is 5.69 Å². The molecule has 1 aromatic carbocycles. The Hall–Kier alpha value is -1.32. The molecule has 0 heterocycles. The number of sulfonamides is 1. The van der Waals surface area contributed by atoms with E-state index in [1.165, 1.54) is 12.1 Å². The Labute approximate surface area is 115 Å². The second-order valence-corrected chi connectivity index (χ2v) is 8.40. The molecule has 0 saturated carbocycles. The molecule has 1 rings (SSSR count). The van der Waals surface area contributed by atoms with Crippen LogP contribution < -0.4 is 4.72 Å². The fourth-order valence-corrected chi connectivity index (χ4v) is 4.43. The second kappa shape index (κ2) is 5.35. The predicted octanol–water partition coefficient (Wildman–Crippen LogP) is 0.782. The van der Waals surface area contributed by atoms with Gasteiger partial charge in [-0.15, -0.1) is 0 Å². The molecule has 0 saturated heterocycles. The van der Waals surface area contributed by atoms with Gasteiger partial charge in [-0.1, -0.05) is 11.6 Å². The summed E-state index contributed by atoms with van der Waals surface area (Å²) in [6.45, 7) is 0. The van der Waals surface area contributed by atoms with Crippen LogP contribution in [0.25, 0.3) is 0 Å². The zero-order valence-electron chi connectivity index (χ0n) is 9.62. The third-order valence-electron chi connectivity index (χ3n) is 1.85. The number of anilines is 1. The molecule has 0 bridgehead atoms. The molecule has 0 aliphatic heterocycles. The molecule has 10 heteroatoms. The number of nitrogens with one attached hydrogen (secondary N) is 1. The molecular formula is C9H10ClNO6S2. The lowest BCUT2D eigenvalue weighted by Crippen LogP contribution is -2.22. The summed E-state index contributed by atoms with van der Waals surface area (Å²) in [5.74, 6) is -1.26. The van der Waals surface area contributed by atoms with E-state index in [1.807, 2.05) is 4.72 Å². The third kappa shape index (κ3) is 5.05. The molecule has 0 aromatic heterocycles. The number of carbonyl (C=O) groups is 1. The molecule has 0 aliphatic carbocycles. The van der Waals surface area contributed by atoms with E-state index in [9.17, 15) is 21.6 Å². The molecule has 0 amide bonds. The van der Waals surface area contributed by atoms with Crippen molar-refractivity contribution in [3.63, 3.8) is 0 Å². The number of aromatic carboxylic acids is 1. The van der Waals surface area contributed by atoms with Gasteiger partial charge in [0.1, 0.15) is 0 Å². The molecule has 0 fully saturated rings. The molecule has 0 aliphatic rings. The summed E-state index contributed by atoms with van der Waals surface area (Å²) in [7, 11) is -7.92. The van der Waals surface area contributed by atoms with Crippen molar-refractivity contribution in [2.24, 2.45) is 0 Å². The molecular weight excluding hydrogens is 318 g/mol.